The number of aliphatic hydroxyl groups excluding tert-OH is 4. The lowest BCUT2D eigenvalue weighted by Crippen LogP contribution is -2.60. The van der Waals surface area contributed by atoms with E-state index in [1.807, 2.05) is 22.6 Å². The van der Waals surface area contributed by atoms with E-state index in [9.17, 15) is 25.2 Å². The van der Waals surface area contributed by atoms with Crippen molar-refractivity contribution in [2.24, 2.45) is 7.05 Å². The van der Waals surface area contributed by atoms with Crippen LogP contribution < -0.4 is 10.9 Å². The van der Waals surface area contributed by atoms with Gasteiger partial charge >= 0.3 is 0 Å². The van der Waals surface area contributed by atoms with Crippen molar-refractivity contribution in [3.63, 3.8) is 0 Å². The molecular formula is C12H18IN3O6S. The van der Waals surface area contributed by atoms with Crippen LogP contribution in [-0.4, -0.2) is 73.5 Å². The summed E-state index contributed by atoms with van der Waals surface area (Å²) in [5, 5.41) is 42.0. The van der Waals surface area contributed by atoms with E-state index in [0.29, 0.717) is 8.73 Å². The monoisotopic (exact) mass is 459 g/mol. The van der Waals surface area contributed by atoms with E-state index < -0.39 is 37.3 Å². The summed E-state index contributed by atoms with van der Waals surface area (Å²) in [6, 6.07) is 0. The van der Waals surface area contributed by atoms with Gasteiger partial charge in [0.1, 0.15) is 33.8 Å². The van der Waals surface area contributed by atoms with Crippen LogP contribution in [-0.2, 0) is 11.8 Å². The molecule has 0 bridgehead atoms. The molecule has 0 aromatic carbocycles. The first-order valence-corrected chi connectivity index (χ1v) is 8.99. The van der Waals surface area contributed by atoms with Crippen molar-refractivity contribution in [3.8, 4) is 0 Å². The Labute approximate surface area is 149 Å². The number of ether oxygens (including phenoxy) is 1. The molecular weight excluding hydrogens is 441 g/mol. The van der Waals surface area contributed by atoms with Crippen LogP contribution in [0.1, 0.15) is 0 Å². The topological polar surface area (TPSA) is 137 Å². The lowest BCUT2D eigenvalue weighted by molar-refractivity contribution is -0.221. The molecule has 5 N–H and O–H groups in total. The number of halogens is 1. The van der Waals surface area contributed by atoms with Crippen LogP contribution in [0.25, 0.3) is 0 Å². The fourth-order valence-electron chi connectivity index (χ4n) is 2.19. The molecule has 130 valence electrons. The van der Waals surface area contributed by atoms with E-state index in [2.05, 4.69) is 10.3 Å². The van der Waals surface area contributed by atoms with Gasteiger partial charge in [0.15, 0.2) is 11.4 Å². The first-order chi connectivity index (χ1) is 10.8. The minimum Gasteiger partial charge on any atom is -0.394 e. The van der Waals surface area contributed by atoms with Crippen LogP contribution in [0.15, 0.2) is 9.95 Å². The Hall–Kier alpha value is -0.440. The molecule has 1 fully saturated rings. The molecule has 1 saturated heterocycles. The third kappa shape index (κ3) is 3.65. The highest BCUT2D eigenvalue weighted by atomic mass is 127. The Morgan fingerprint density at radius 3 is 2.57 bits per heavy atom. The maximum absolute atomic E-state index is 12.2. The molecule has 1 aromatic heterocycles. The standard InChI is InChI=1S/C12H18IN3O6S/c1-16-11(21)5(13)9(15-12(16)23-2)14-10-8(20)7(19)6(18)4(3-17)22-10/h4,6-8,10,14,17-20H,3H2,1-2H3/t4-,6+,7+,8-,10-/m0/s1. The molecule has 0 saturated carbocycles. The molecule has 1 aliphatic heterocycles. The molecule has 0 unspecified atom stereocenters. The van der Waals surface area contributed by atoms with E-state index in [1.165, 1.54) is 16.3 Å². The third-order valence-corrected chi connectivity index (χ3v) is 5.25. The fraction of sp³-hybridized carbons (Fsp3) is 0.667. The van der Waals surface area contributed by atoms with Gasteiger partial charge in [-0.15, -0.1) is 0 Å². The maximum Gasteiger partial charge on any atom is 0.269 e. The molecule has 2 rings (SSSR count). The van der Waals surface area contributed by atoms with Crippen LogP contribution >= 0.6 is 34.4 Å². The first-order valence-electron chi connectivity index (χ1n) is 6.69. The van der Waals surface area contributed by atoms with Crippen molar-refractivity contribution >= 4 is 40.2 Å². The zero-order valence-corrected chi connectivity index (χ0v) is 15.4. The van der Waals surface area contributed by atoms with Crippen molar-refractivity contribution in [1.29, 1.82) is 0 Å². The van der Waals surface area contributed by atoms with Gasteiger partial charge in [-0.2, -0.15) is 0 Å². The van der Waals surface area contributed by atoms with Gasteiger partial charge in [-0.1, -0.05) is 11.8 Å². The van der Waals surface area contributed by atoms with Crippen molar-refractivity contribution in [2.75, 3.05) is 18.2 Å². The second-order valence-electron chi connectivity index (χ2n) is 5.02. The third-order valence-electron chi connectivity index (χ3n) is 3.55. The second-order valence-corrected chi connectivity index (χ2v) is 6.87. The number of thioether (sulfide) groups is 1. The Kier molecular flexibility index (Phi) is 6.27. The van der Waals surface area contributed by atoms with Gasteiger partial charge in [0, 0.05) is 7.05 Å². The van der Waals surface area contributed by atoms with Gasteiger partial charge in [0.05, 0.1) is 6.61 Å². The fourth-order valence-corrected chi connectivity index (χ4v) is 3.37. The number of nitrogens with one attached hydrogen (secondary N) is 1. The predicted octanol–water partition coefficient (Wildman–Crippen LogP) is -1.68. The second kappa shape index (κ2) is 7.63. The number of hydrogen-bond acceptors (Lipinski definition) is 9. The summed E-state index contributed by atoms with van der Waals surface area (Å²) in [6.45, 7) is -0.528. The molecule has 11 heteroatoms. The molecule has 5 atom stereocenters. The highest BCUT2D eigenvalue weighted by Gasteiger charge is 2.43. The first kappa shape index (κ1) is 18.9. The number of aliphatic hydroxyl groups is 4. The summed E-state index contributed by atoms with van der Waals surface area (Å²) in [7, 11) is 1.60. The maximum atomic E-state index is 12.2. The smallest absolute Gasteiger partial charge is 0.269 e. The number of nitrogens with zero attached hydrogens (tertiary/aromatic N) is 2. The van der Waals surface area contributed by atoms with E-state index in [0.717, 1.165) is 0 Å². The number of hydrogen-bond donors (Lipinski definition) is 5. The summed E-state index contributed by atoms with van der Waals surface area (Å²) in [5.41, 5.74) is -0.267. The zero-order valence-electron chi connectivity index (χ0n) is 12.4. The van der Waals surface area contributed by atoms with Gasteiger partial charge in [0.2, 0.25) is 0 Å². The van der Waals surface area contributed by atoms with Gasteiger partial charge in [0.25, 0.3) is 5.56 Å². The highest BCUT2D eigenvalue weighted by Crippen LogP contribution is 2.24. The summed E-state index contributed by atoms with van der Waals surface area (Å²) in [6.07, 6.45) is -4.78. The van der Waals surface area contributed by atoms with Crippen molar-refractivity contribution in [1.82, 2.24) is 9.55 Å². The largest absolute Gasteiger partial charge is 0.394 e. The Morgan fingerprint density at radius 2 is 2.00 bits per heavy atom. The number of rotatable bonds is 4. The van der Waals surface area contributed by atoms with Crippen molar-refractivity contribution < 1.29 is 25.2 Å². The zero-order chi connectivity index (χ0) is 17.3. The molecule has 0 spiro atoms. The Bertz CT molecular complexity index is 628. The van der Waals surface area contributed by atoms with Crippen LogP contribution in [0.5, 0.6) is 0 Å². The van der Waals surface area contributed by atoms with Crippen LogP contribution in [0.2, 0.25) is 0 Å². The Balaban J connectivity index is 2.31. The molecule has 0 aliphatic carbocycles. The summed E-state index contributed by atoms with van der Waals surface area (Å²) >= 11 is 3.10. The molecule has 23 heavy (non-hydrogen) atoms. The molecule has 0 amide bonds. The Morgan fingerprint density at radius 1 is 1.35 bits per heavy atom. The molecule has 9 nitrogen and oxygen atoms in total. The highest BCUT2D eigenvalue weighted by molar-refractivity contribution is 14.1. The minimum atomic E-state index is -1.50. The van der Waals surface area contributed by atoms with Crippen LogP contribution in [0, 0.1) is 3.57 Å². The normalized spacial score (nSPS) is 31.2. The van der Waals surface area contributed by atoms with Crippen molar-refractivity contribution in [2.45, 2.75) is 35.8 Å². The van der Waals surface area contributed by atoms with E-state index >= 15 is 0 Å². The van der Waals surface area contributed by atoms with Gasteiger partial charge in [-0.25, -0.2) is 4.98 Å². The number of anilines is 1. The summed E-state index contributed by atoms with van der Waals surface area (Å²) < 4.78 is 7.04. The predicted molar refractivity (Wildman–Crippen MR) is 91.4 cm³/mol. The van der Waals surface area contributed by atoms with Crippen LogP contribution in [0.3, 0.4) is 0 Å². The SMILES string of the molecule is CSc1nc(N[C@H]2O[C@@H](CO)[C@@H](O)[C@@H](O)[C@@H]2O)c(I)c(=O)n1C. The van der Waals surface area contributed by atoms with Gasteiger partial charge < -0.3 is 30.5 Å². The average molecular weight is 459 g/mol. The molecule has 1 aliphatic rings. The molecule has 0 radical (unpaired) electrons. The van der Waals surface area contributed by atoms with E-state index in [-0.39, 0.29) is 11.4 Å². The lowest BCUT2D eigenvalue weighted by atomic mass is 9.98. The van der Waals surface area contributed by atoms with Crippen molar-refractivity contribution in [3.05, 3.63) is 13.9 Å². The summed E-state index contributed by atoms with van der Waals surface area (Å²) in [5.74, 6) is 0.197. The van der Waals surface area contributed by atoms with Gasteiger partial charge in [-0.05, 0) is 28.8 Å². The van der Waals surface area contributed by atoms with Crippen LogP contribution in [0.4, 0.5) is 5.82 Å². The lowest BCUT2D eigenvalue weighted by Gasteiger charge is -2.40. The van der Waals surface area contributed by atoms with E-state index in [1.54, 1.807) is 13.3 Å². The van der Waals surface area contributed by atoms with E-state index in [4.69, 9.17) is 4.74 Å². The van der Waals surface area contributed by atoms with Gasteiger partial charge in [-0.3, -0.25) is 9.36 Å². The minimum absolute atomic E-state index is 0.197. The number of aromatic nitrogens is 2. The summed E-state index contributed by atoms with van der Waals surface area (Å²) in [4.78, 5) is 16.4. The quantitative estimate of drug-likeness (QED) is 0.203. The molecule has 2 heterocycles. The average Bonchev–Trinajstić information content (AvgIpc) is 2.55. The molecule has 1 aromatic rings.